The number of fused-ring (bicyclic) bond motifs is 2. The number of likely N-dealkylation sites (tertiary alicyclic amines) is 1. The molecule has 0 radical (unpaired) electrons. The Morgan fingerprint density at radius 2 is 1.51 bits per heavy atom. The molecule has 8 N–H and O–H groups in total. The first kappa shape index (κ1) is 53.7. The van der Waals surface area contributed by atoms with Crippen LogP contribution in [-0.4, -0.2) is 123 Å². The lowest BCUT2D eigenvalue weighted by molar-refractivity contribution is -0.384. The van der Waals surface area contributed by atoms with Gasteiger partial charge in [0.15, 0.2) is 0 Å². The molecule has 2 aliphatic heterocycles. The number of likely N-dealkylation sites (N-methyl/N-ethyl adjacent to an activating group) is 1. The molecule has 1 saturated heterocycles. The summed E-state index contributed by atoms with van der Waals surface area (Å²) in [6.07, 6.45) is 14.7. The van der Waals surface area contributed by atoms with E-state index in [4.69, 9.17) is 5.73 Å². The van der Waals surface area contributed by atoms with Gasteiger partial charge < -0.3 is 42.2 Å². The van der Waals surface area contributed by atoms with Crippen LogP contribution in [-0.2, 0) is 46.4 Å². The van der Waals surface area contributed by atoms with Crippen LogP contribution in [0.2, 0.25) is 0 Å². The number of non-ortho nitro benzene ring substituents is 1. The first-order chi connectivity index (χ1) is 35.4. The number of rotatable bonds is 19. The van der Waals surface area contributed by atoms with Gasteiger partial charge in [0, 0.05) is 80.2 Å². The fraction of sp³-hybridized carbons (Fsp3) is 0.582. The molecule has 3 heterocycles. The zero-order valence-corrected chi connectivity index (χ0v) is 43.2. The summed E-state index contributed by atoms with van der Waals surface area (Å²) in [5.41, 5.74) is 10.3. The number of nitro benzene ring substituents is 1. The molecular formula is C55H74N10O9. The summed E-state index contributed by atoms with van der Waals surface area (Å²) < 4.78 is 0. The van der Waals surface area contributed by atoms with Crippen molar-refractivity contribution in [1.29, 1.82) is 0 Å². The van der Waals surface area contributed by atoms with Crippen molar-refractivity contribution in [1.82, 2.24) is 41.4 Å². The number of nitrogens with one attached hydrogen (secondary N) is 6. The molecular weight excluding hydrogens is 945 g/mol. The van der Waals surface area contributed by atoms with Gasteiger partial charge in [0.1, 0.15) is 24.2 Å². The molecule has 1 aromatic heterocycles. The minimum Gasteiger partial charge on any atom is -0.368 e. The molecule has 6 atom stereocenters. The van der Waals surface area contributed by atoms with E-state index in [1.165, 1.54) is 30.0 Å². The monoisotopic (exact) mass is 1020 g/mol. The van der Waals surface area contributed by atoms with E-state index in [1.807, 2.05) is 39.1 Å². The second kappa shape index (κ2) is 23.7. The van der Waals surface area contributed by atoms with E-state index in [0.29, 0.717) is 43.3 Å². The summed E-state index contributed by atoms with van der Waals surface area (Å²) in [4.78, 5) is 111. The molecule has 3 aliphatic carbocycles. The molecule has 0 spiro atoms. The third kappa shape index (κ3) is 12.8. The number of benzene rings is 2. The predicted molar refractivity (Wildman–Crippen MR) is 279 cm³/mol. The lowest BCUT2D eigenvalue weighted by atomic mass is 9.75. The number of H-pyrrole nitrogens is 1. The molecule has 2 aromatic carbocycles. The normalized spacial score (nSPS) is 24.9. The van der Waals surface area contributed by atoms with Crippen molar-refractivity contribution in [2.24, 2.45) is 29.4 Å². The Balaban J connectivity index is 0.853. The average molecular weight is 1020 g/mol. The van der Waals surface area contributed by atoms with E-state index in [-0.39, 0.29) is 72.6 Å². The van der Waals surface area contributed by atoms with Crippen molar-refractivity contribution < 1.29 is 38.5 Å². The summed E-state index contributed by atoms with van der Waals surface area (Å²) in [6, 6.07) is 8.42. The SMILES string of the molecule is CC(=O)N[C@@H](CCC(=O)NC1CCC(CC2CCC(NC(=O)[C@@H]3CCCN3C(=O)[C@H](Cc3ccc([N+](=O)[O-])cc3)NC(=O)[C@@H](NC(=O)[C@@H]3C=C4c5cccc6[nH]cc(c56)C[C@H]4N(C)C3)C(C)C)CC2)CC1)C(N)=O. The maximum atomic E-state index is 14.7. The first-order valence-corrected chi connectivity index (χ1v) is 26.7. The zero-order chi connectivity index (χ0) is 52.8. The van der Waals surface area contributed by atoms with Crippen molar-refractivity contribution in [3.05, 3.63) is 81.5 Å². The number of hydrogen-bond donors (Lipinski definition) is 7. The second-order valence-electron chi connectivity index (χ2n) is 22.0. The Kier molecular flexibility index (Phi) is 17.2. The van der Waals surface area contributed by atoms with E-state index in [9.17, 15) is 43.7 Å². The summed E-state index contributed by atoms with van der Waals surface area (Å²) >= 11 is 0. The van der Waals surface area contributed by atoms with E-state index in [1.54, 1.807) is 17.0 Å². The number of hydrogen-bond acceptors (Lipinski definition) is 10. The number of carbonyl (C=O) groups excluding carboxylic acids is 7. The van der Waals surface area contributed by atoms with Crippen molar-refractivity contribution in [2.75, 3.05) is 20.1 Å². The minimum absolute atomic E-state index is 0.0138. The van der Waals surface area contributed by atoms with Crippen LogP contribution in [0.3, 0.4) is 0 Å². The van der Waals surface area contributed by atoms with E-state index < -0.39 is 52.7 Å². The van der Waals surface area contributed by atoms with Crippen molar-refractivity contribution in [2.45, 2.75) is 159 Å². The van der Waals surface area contributed by atoms with Gasteiger partial charge in [0.2, 0.25) is 41.4 Å². The first-order valence-electron chi connectivity index (χ1n) is 26.7. The molecule has 7 amide bonds. The Hall–Kier alpha value is -6.63. The summed E-state index contributed by atoms with van der Waals surface area (Å²) in [5.74, 6) is -2.49. The maximum Gasteiger partial charge on any atom is 0.269 e. The second-order valence-corrected chi connectivity index (χ2v) is 22.0. The van der Waals surface area contributed by atoms with Gasteiger partial charge >= 0.3 is 0 Å². The summed E-state index contributed by atoms with van der Waals surface area (Å²) in [6.45, 7) is 5.76. The highest BCUT2D eigenvalue weighted by atomic mass is 16.6. The van der Waals surface area contributed by atoms with E-state index >= 15 is 0 Å². The van der Waals surface area contributed by atoms with Gasteiger partial charge in [-0.25, -0.2) is 0 Å². The van der Waals surface area contributed by atoms with Crippen LogP contribution in [0.15, 0.2) is 54.7 Å². The highest BCUT2D eigenvalue weighted by Gasteiger charge is 2.41. The fourth-order valence-corrected chi connectivity index (χ4v) is 12.3. The molecule has 19 nitrogen and oxygen atoms in total. The molecule has 19 heteroatoms. The van der Waals surface area contributed by atoms with Crippen molar-refractivity contribution in [3.63, 3.8) is 0 Å². The topological polar surface area (TPSA) is 271 Å². The smallest absolute Gasteiger partial charge is 0.269 e. The number of amides is 7. The Bertz CT molecular complexity index is 2610. The van der Waals surface area contributed by atoms with E-state index in [0.717, 1.165) is 80.9 Å². The van der Waals surface area contributed by atoms with Crippen molar-refractivity contribution >= 4 is 63.5 Å². The van der Waals surface area contributed by atoms with Crippen LogP contribution < -0.4 is 32.3 Å². The van der Waals surface area contributed by atoms with E-state index in [2.05, 4.69) is 48.7 Å². The van der Waals surface area contributed by atoms with Gasteiger partial charge in [0.25, 0.3) is 5.69 Å². The largest absolute Gasteiger partial charge is 0.368 e. The highest BCUT2D eigenvalue weighted by Crippen LogP contribution is 2.41. The molecule has 0 unspecified atom stereocenters. The summed E-state index contributed by atoms with van der Waals surface area (Å²) in [5, 5.41) is 27.5. The third-order valence-electron chi connectivity index (χ3n) is 16.3. The van der Waals surface area contributed by atoms with Crippen LogP contribution in [0.25, 0.3) is 16.5 Å². The maximum absolute atomic E-state index is 14.7. The Morgan fingerprint density at radius 3 is 2.15 bits per heavy atom. The van der Waals surface area contributed by atoms with Crippen LogP contribution in [0.1, 0.15) is 121 Å². The molecule has 8 rings (SSSR count). The summed E-state index contributed by atoms with van der Waals surface area (Å²) in [7, 11) is 2.02. The molecule has 398 valence electrons. The Morgan fingerprint density at radius 1 is 0.838 bits per heavy atom. The van der Waals surface area contributed by atoms with Gasteiger partial charge in [0.05, 0.1) is 10.8 Å². The predicted octanol–water partition coefficient (Wildman–Crippen LogP) is 4.32. The molecule has 3 fully saturated rings. The highest BCUT2D eigenvalue weighted by molar-refractivity contribution is 6.00. The lowest BCUT2D eigenvalue weighted by Crippen LogP contribution is -2.59. The standard InChI is InChI=1S/C55H74N10O9/c1-31(2)50(62-52(69)37-27-42-41-7-5-8-43-49(41)36(29-57-43)28-47(42)63(4)30-37)54(71)61-45(26-35-14-20-40(21-15-35)65(73)74)55(72)64-24-6-9-46(64)53(70)60-39-18-12-34(13-19-39)25-33-10-16-38(17-11-33)59-48(67)23-22-44(51(56)68)58-32(3)66/h5,7-8,14-15,20-21,27,29,31,33-34,37-39,44-47,50,57H,6,9-13,16-19,22-26,28,30H2,1-4H3,(H2,56,68)(H,58,66)(H,59,67)(H,60,70)(H,61,71)(H,62,69)/t33?,34?,37-,38?,39?,44+,45+,46+,47-,50+/m1/s1. The average Bonchev–Trinajstić information content (AvgIpc) is 4.05. The van der Waals surface area contributed by atoms with Gasteiger partial charge in [-0.2, -0.15) is 0 Å². The zero-order valence-electron chi connectivity index (χ0n) is 43.2. The van der Waals surface area contributed by atoms with Gasteiger partial charge in [-0.05, 0) is 137 Å². The lowest BCUT2D eigenvalue weighted by Gasteiger charge is -2.39. The minimum atomic E-state index is -1.13. The molecule has 2 saturated carbocycles. The number of nitrogens with zero attached hydrogens (tertiary/aromatic N) is 3. The molecule has 3 aromatic rings. The van der Waals surface area contributed by atoms with Crippen molar-refractivity contribution in [3.8, 4) is 0 Å². The molecule has 5 aliphatic rings. The Labute approximate surface area is 432 Å². The fourth-order valence-electron chi connectivity index (χ4n) is 12.3. The number of carbonyl (C=O) groups is 7. The molecule has 0 bridgehead atoms. The number of nitrogens with two attached hydrogens (primary N) is 1. The van der Waals surface area contributed by atoms with Crippen LogP contribution in [0, 0.1) is 33.8 Å². The molecule has 74 heavy (non-hydrogen) atoms. The van der Waals surface area contributed by atoms with Crippen LogP contribution in [0.4, 0.5) is 5.69 Å². The number of aromatic amines is 1. The van der Waals surface area contributed by atoms with Gasteiger partial charge in [-0.3, -0.25) is 48.6 Å². The number of nitro groups is 1. The number of primary amides is 1. The third-order valence-corrected chi connectivity index (χ3v) is 16.3. The van der Waals surface area contributed by atoms with Crippen LogP contribution >= 0.6 is 0 Å². The number of aromatic nitrogens is 1. The van der Waals surface area contributed by atoms with Gasteiger partial charge in [-0.1, -0.05) is 44.2 Å². The van der Waals surface area contributed by atoms with Crippen LogP contribution in [0.5, 0.6) is 0 Å². The van der Waals surface area contributed by atoms with Gasteiger partial charge in [-0.15, -0.1) is 0 Å². The quantitative estimate of drug-likeness (QED) is 0.0661.